The van der Waals surface area contributed by atoms with Crippen LogP contribution in [0.2, 0.25) is 0 Å². The number of nitrogens with one attached hydrogen (secondary N) is 2. The van der Waals surface area contributed by atoms with Gasteiger partial charge in [-0.2, -0.15) is 0 Å². The summed E-state index contributed by atoms with van der Waals surface area (Å²) < 4.78 is 13.0. The van der Waals surface area contributed by atoms with Crippen LogP contribution in [0.15, 0.2) is 24.3 Å². The first-order chi connectivity index (χ1) is 8.66. The first kappa shape index (κ1) is 13.0. The van der Waals surface area contributed by atoms with Crippen molar-refractivity contribution in [2.45, 2.75) is 12.6 Å². The van der Waals surface area contributed by atoms with Crippen LogP contribution >= 0.6 is 0 Å². The molecular weight excluding hydrogens is 233 g/mol. The maximum atomic E-state index is 13.0. The van der Waals surface area contributed by atoms with E-state index in [9.17, 15) is 9.18 Å². The highest BCUT2D eigenvalue weighted by molar-refractivity contribution is 5.82. The molecule has 1 aromatic rings. The van der Waals surface area contributed by atoms with Crippen LogP contribution in [-0.2, 0) is 11.3 Å². The minimum Gasteiger partial charge on any atom is -0.351 e. The van der Waals surface area contributed by atoms with Crippen LogP contribution in [0.5, 0.6) is 0 Å². The van der Waals surface area contributed by atoms with Crippen LogP contribution in [0.3, 0.4) is 0 Å². The molecule has 1 atom stereocenters. The van der Waals surface area contributed by atoms with E-state index in [1.807, 2.05) is 11.9 Å². The van der Waals surface area contributed by atoms with Crippen molar-refractivity contribution >= 4 is 5.91 Å². The zero-order valence-corrected chi connectivity index (χ0v) is 10.4. The van der Waals surface area contributed by atoms with Crippen LogP contribution in [0.1, 0.15) is 5.56 Å². The van der Waals surface area contributed by atoms with Gasteiger partial charge in [-0.1, -0.05) is 12.1 Å². The monoisotopic (exact) mass is 251 g/mol. The van der Waals surface area contributed by atoms with Gasteiger partial charge in [0.1, 0.15) is 11.9 Å². The van der Waals surface area contributed by atoms with Crippen molar-refractivity contribution in [2.75, 3.05) is 26.7 Å². The van der Waals surface area contributed by atoms with Crippen LogP contribution in [0, 0.1) is 5.82 Å². The minimum atomic E-state index is -0.279. The Balaban J connectivity index is 1.88. The number of nitrogens with zero attached hydrogens (tertiary/aromatic N) is 1. The molecule has 2 rings (SSSR count). The highest BCUT2D eigenvalue weighted by Gasteiger charge is 2.25. The van der Waals surface area contributed by atoms with Gasteiger partial charge in [-0.25, -0.2) is 4.39 Å². The zero-order chi connectivity index (χ0) is 13.0. The molecule has 1 aliphatic rings. The van der Waals surface area contributed by atoms with Gasteiger partial charge in [0.15, 0.2) is 0 Å². The number of benzene rings is 1. The highest BCUT2D eigenvalue weighted by Crippen LogP contribution is 2.04. The SMILES string of the molecule is CN1CCNCC1C(=O)NCc1cccc(F)c1. The molecule has 1 heterocycles. The Bertz CT molecular complexity index is 424. The standard InChI is InChI=1S/C13H18FN3O/c1-17-6-5-15-9-12(17)13(18)16-8-10-3-2-4-11(14)7-10/h2-4,7,12,15H,5-6,8-9H2,1H3,(H,16,18). The summed E-state index contributed by atoms with van der Waals surface area (Å²) in [5.41, 5.74) is 0.773. The van der Waals surface area contributed by atoms with Gasteiger partial charge in [-0.3, -0.25) is 9.69 Å². The van der Waals surface area contributed by atoms with E-state index in [1.54, 1.807) is 12.1 Å². The topological polar surface area (TPSA) is 44.4 Å². The average Bonchev–Trinajstić information content (AvgIpc) is 2.37. The molecule has 1 saturated heterocycles. The van der Waals surface area contributed by atoms with E-state index in [0.717, 1.165) is 18.7 Å². The molecule has 0 bridgehead atoms. The van der Waals surface area contributed by atoms with Crippen molar-refractivity contribution in [3.05, 3.63) is 35.6 Å². The summed E-state index contributed by atoms with van der Waals surface area (Å²) in [5.74, 6) is -0.299. The van der Waals surface area contributed by atoms with Gasteiger partial charge in [0.25, 0.3) is 0 Å². The maximum Gasteiger partial charge on any atom is 0.238 e. The molecular formula is C13H18FN3O. The van der Waals surface area contributed by atoms with Crippen molar-refractivity contribution in [1.29, 1.82) is 0 Å². The first-order valence-corrected chi connectivity index (χ1v) is 6.10. The fraction of sp³-hybridized carbons (Fsp3) is 0.462. The van der Waals surface area contributed by atoms with E-state index in [0.29, 0.717) is 13.1 Å². The van der Waals surface area contributed by atoms with E-state index < -0.39 is 0 Å². The summed E-state index contributed by atoms with van der Waals surface area (Å²) in [6.45, 7) is 2.79. The Morgan fingerprint density at radius 2 is 2.44 bits per heavy atom. The van der Waals surface area contributed by atoms with Gasteiger partial charge in [0.2, 0.25) is 5.91 Å². The van der Waals surface area contributed by atoms with Gasteiger partial charge in [-0.15, -0.1) is 0 Å². The van der Waals surface area contributed by atoms with E-state index >= 15 is 0 Å². The molecule has 0 spiro atoms. The Hall–Kier alpha value is -1.46. The molecule has 1 aliphatic heterocycles. The van der Waals surface area contributed by atoms with Gasteiger partial charge in [0, 0.05) is 26.2 Å². The summed E-state index contributed by atoms with van der Waals surface area (Å²) in [6, 6.07) is 6.12. The molecule has 98 valence electrons. The minimum absolute atomic E-state index is 0.0195. The number of rotatable bonds is 3. The second-order valence-electron chi connectivity index (χ2n) is 4.55. The number of hydrogen-bond acceptors (Lipinski definition) is 3. The molecule has 1 unspecified atom stereocenters. The lowest BCUT2D eigenvalue weighted by Crippen LogP contribution is -2.56. The third kappa shape index (κ3) is 3.27. The molecule has 2 N–H and O–H groups in total. The summed E-state index contributed by atoms with van der Waals surface area (Å²) in [6.07, 6.45) is 0. The van der Waals surface area contributed by atoms with Crippen molar-refractivity contribution in [2.24, 2.45) is 0 Å². The molecule has 1 fully saturated rings. The third-order valence-corrected chi connectivity index (χ3v) is 3.17. The van der Waals surface area contributed by atoms with E-state index in [4.69, 9.17) is 0 Å². The van der Waals surface area contributed by atoms with Gasteiger partial charge >= 0.3 is 0 Å². The molecule has 4 nitrogen and oxygen atoms in total. The fourth-order valence-corrected chi connectivity index (χ4v) is 2.05. The van der Waals surface area contributed by atoms with Crippen molar-refractivity contribution in [3.8, 4) is 0 Å². The number of halogens is 1. The predicted octanol–water partition coefficient (Wildman–Crippen LogP) is 0.345. The lowest BCUT2D eigenvalue weighted by molar-refractivity contribution is -0.126. The quantitative estimate of drug-likeness (QED) is 0.814. The average molecular weight is 251 g/mol. The summed E-state index contributed by atoms with van der Waals surface area (Å²) in [7, 11) is 1.94. The van der Waals surface area contributed by atoms with Crippen LogP contribution < -0.4 is 10.6 Å². The van der Waals surface area contributed by atoms with Crippen LogP contribution in [0.25, 0.3) is 0 Å². The Kier molecular flexibility index (Phi) is 4.28. The predicted molar refractivity (Wildman–Crippen MR) is 67.5 cm³/mol. The first-order valence-electron chi connectivity index (χ1n) is 6.10. The number of hydrogen-bond donors (Lipinski definition) is 2. The maximum absolute atomic E-state index is 13.0. The summed E-state index contributed by atoms with van der Waals surface area (Å²) in [5, 5.41) is 6.03. The van der Waals surface area contributed by atoms with Crippen LogP contribution in [0.4, 0.5) is 4.39 Å². The summed E-state index contributed by atoms with van der Waals surface area (Å²) in [4.78, 5) is 14.0. The second-order valence-corrected chi connectivity index (χ2v) is 4.55. The Morgan fingerprint density at radius 3 is 3.17 bits per heavy atom. The normalized spacial score (nSPS) is 20.7. The molecule has 0 saturated carbocycles. The van der Waals surface area contributed by atoms with E-state index in [-0.39, 0.29) is 17.8 Å². The molecule has 5 heteroatoms. The second kappa shape index (κ2) is 5.93. The number of carbonyl (C=O) groups is 1. The third-order valence-electron chi connectivity index (χ3n) is 3.17. The molecule has 1 amide bonds. The fourth-order valence-electron chi connectivity index (χ4n) is 2.05. The molecule has 0 aliphatic carbocycles. The smallest absolute Gasteiger partial charge is 0.238 e. The van der Waals surface area contributed by atoms with Crippen LogP contribution in [-0.4, -0.2) is 43.5 Å². The van der Waals surface area contributed by atoms with Crippen molar-refractivity contribution in [3.63, 3.8) is 0 Å². The molecule has 18 heavy (non-hydrogen) atoms. The number of amides is 1. The largest absolute Gasteiger partial charge is 0.351 e. The van der Waals surface area contributed by atoms with Crippen molar-refractivity contribution < 1.29 is 9.18 Å². The summed E-state index contributed by atoms with van der Waals surface area (Å²) >= 11 is 0. The Morgan fingerprint density at radius 1 is 1.61 bits per heavy atom. The van der Waals surface area contributed by atoms with E-state index in [1.165, 1.54) is 12.1 Å². The lowest BCUT2D eigenvalue weighted by atomic mass is 10.1. The molecule has 1 aromatic carbocycles. The molecule has 0 radical (unpaired) electrons. The Labute approximate surface area is 106 Å². The highest BCUT2D eigenvalue weighted by atomic mass is 19.1. The number of carbonyl (C=O) groups excluding carboxylic acids is 1. The number of likely N-dealkylation sites (N-methyl/N-ethyl adjacent to an activating group) is 1. The zero-order valence-electron chi connectivity index (χ0n) is 10.4. The van der Waals surface area contributed by atoms with Gasteiger partial charge in [-0.05, 0) is 24.7 Å². The lowest BCUT2D eigenvalue weighted by Gasteiger charge is -2.31. The molecule has 0 aromatic heterocycles. The van der Waals surface area contributed by atoms with Gasteiger partial charge in [0.05, 0.1) is 0 Å². The number of piperazine rings is 1. The van der Waals surface area contributed by atoms with E-state index in [2.05, 4.69) is 10.6 Å². The van der Waals surface area contributed by atoms with Crippen molar-refractivity contribution in [1.82, 2.24) is 15.5 Å². The van der Waals surface area contributed by atoms with Gasteiger partial charge < -0.3 is 10.6 Å².